The van der Waals surface area contributed by atoms with Gasteiger partial charge in [0.1, 0.15) is 17.8 Å². The third-order valence-electron chi connectivity index (χ3n) is 2.69. The smallest absolute Gasteiger partial charge is 0.371 e. The number of aliphatic hydroxyl groups excluding tert-OH is 1. The second-order valence-corrected chi connectivity index (χ2v) is 4.31. The van der Waals surface area contributed by atoms with E-state index in [0.717, 1.165) is 6.26 Å². The molecule has 0 aliphatic rings. The summed E-state index contributed by atoms with van der Waals surface area (Å²) in [4.78, 5) is 22.1. The molecular formula is C15H11FO5. The largest absolute Gasteiger partial charge is 0.502 e. The van der Waals surface area contributed by atoms with Crippen molar-refractivity contribution in [3.05, 3.63) is 71.1 Å². The Morgan fingerprint density at radius 3 is 2.67 bits per heavy atom. The quantitative estimate of drug-likeness (QED) is 0.502. The normalized spacial score (nSPS) is 11.4. The van der Waals surface area contributed by atoms with Crippen LogP contribution in [0.4, 0.5) is 4.39 Å². The molecule has 2 N–H and O–H groups in total. The molecule has 1 aromatic heterocycles. The molecule has 0 unspecified atom stereocenters. The molecule has 0 fully saturated rings. The molecular weight excluding hydrogens is 279 g/mol. The van der Waals surface area contributed by atoms with Crippen LogP contribution in [0, 0.1) is 5.82 Å². The first-order chi connectivity index (χ1) is 9.95. The second kappa shape index (κ2) is 6.04. The number of furan rings is 1. The molecule has 1 aromatic carbocycles. The summed E-state index contributed by atoms with van der Waals surface area (Å²) in [6.07, 6.45) is 2.04. The van der Waals surface area contributed by atoms with Crippen LogP contribution in [0.3, 0.4) is 0 Å². The maximum Gasteiger partial charge on any atom is 0.371 e. The number of ketones is 1. The fourth-order valence-corrected chi connectivity index (χ4v) is 1.72. The third kappa shape index (κ3) is 3.79. The molecule has 2 rings (SSSR count). The molecule has 6 heteroatoms. The standard InChI is InChI=1S/C15H11FO5/c16-11-3-1-2-9(4-11)5-12-6-10(8-21-12)13(17)7-14(18)15(19)20/h1-4,6-8,18H,5H2,(H,19,20). The summed E-state index contributed by atoms with van der Waals surface area (Å²) in [5, 5.41) is 17.5. The maximum absolute atomic E-state index is 13.0. The maximum atomic E-state index is 13.0. The van der Waals surface area contributed by atoms with E-state index < -0.39 is 17.5 Å². The third-order valence-corrected chi connectivity index (χ3v) is 2.69. The lowest BCUT2D eigenvalue weighted by Crippen LogP contribution is -2.03. The molecule has 0 saturated heterocycles. The molecule has 1 heterocycles. The van der Waals surface area contributed by atoms with Crippen LogP contribution in [0.25, 0.3) is 0 Å². The number of rotatable bonds is 5. The number of carbonyl (C=O) groups is 2. The first-order valence-corrected chi connectivity index (χ1v) is 5.96. The van der Waals surface area contributed by atoms with Crippen LogP contribution < -0.4 is 0 Å². The average molecular weight is 290 g/mol. The summed E-state index contributed by atoms with van der Waals surface area (Å²) in [5.74, 6) is -3.28. The van der Waals surface area contributed by atoms with E-state index in [1.807, 2.05) is 0 Å². The van der Waals surface area contributed by atoms with Gasteiger partial charge in [-0.3, -0.25) is 4.79 Å². The highest BCUT2D eigenvalue weighted by molar-refractivity contribution is 6.07. The Bertz CT molecular complexity index is 714. The van der Waals surface area contributed by atoms with E-state index in [4.69, 9.17) is 14.6 Å². The lowest BCUT2D eigenvalue weighted by Gasteiger charge is -1.97. The van der Waals surface area contributed by atoms with Crippen LogP contribution >= 0.6 is 0 Å². The number of hydrogen-bond acceptors (Lipinski definition) is 4. The molecule has 0 aliphatic carbocycles. The Kier molecular flexibility index (Phi) is 4.18. The number of carboxylic acids is 1. The zero-order valence-corrected chi connectivity index (χ0v) is 10.7. The second-order valence-electron chi connectivity index (χ2n) is 4.31. The highest BCUT2D eigenvalue weighted by atomic mass is 19.1. The number of carboxylic acid groups (broad SMARTS) is 1. The Hall–Kier alpha value is -2.89. The minimum absolute atomic E-state index is 0.106. The zero-order valence-electron chi connectivity index (χ0n) is 10.7. The van der Waals surface area contributed by atoms with E-state index in [2.05, 4.69) is 0 Å². The van der Waals surface area contributed by atoms with E-state index in [9.17, 15) is 14.0 Å². The first-order valence-electron chi connectivity index (χ1n) is 5.96. The Labute approximate surface area is 118 Å². The SMILES string of the molecule is O=C(O)C(O)=CC(=O)c1coc(Cc2cccc(F)c2)c1. The summed E-state index contributed by atoms with van der Waals surface area (Å²) >= 11 is 0. The van der Waals surface area contributed by atoms with Crippen LogP contribution in [0.5, 0.6) is 0 Å². The number of aliphatic hydroxyl groups is 1. The summed E-state index contributed by atoms with van der Waals surface area (Å²) < 4.78 is 18.2. The van der Waals surface area contributed by atoms with E-state index in [1.54, 1.807) is 12.1 Å². The molecule has 21 heavy (non-hydrogen) atoms. The molecule has 2 aromatic rings. The monoisotopic (exact) mass is 290 g/mol. The molecule has 0 atom stereocenters. The molecule has 0 saturated carbocycles. The average Bonchev–Trinajstić information content (AvgIpc) is 2.87. The topological polar surface area (TPSA) is 87.7 Å². The number of carbonyl (C=O) groups excluding carboxylic acids is 1. The summed E-state index contributed by atoms with van der Waals surface area (Å²) in [6.45, 7) is 0. The van der Waals surface area contributed by atoms with Gasteiger partial charge in [-0.25, -0.2) is 9.18 Å². The Morgan fingerprint density at radius 1 is 1.24 bits per heavy atom. The lowest BCUT2D eigenvalue weighted by molar-refractivity contribution is -0.135. The highest BCUT2D eigenvalue weighted by Gasteiger charge is 2.12. The van der Waals surface area contributed by atoms with Crippen molar-refractivity contribution < 1.29 is 28.6 Å². The summed E-state index contributed by atoms with van der Waals surface area (Å²) in [6, 6.07) is 7.36. The van der Waals surface area contributed by atoms with Gasteiger partial charge >= 0.3 is 5.97 Å². The van der Waals surface area contributed by atoms with Gasteiger partial charge in [-0.05, 0) is 23.8 Å². The molecule has 108 valence electrons. The minimum atomic E-state index is -1.59. The zero-order chi connectivity index (χ0) is 15.4. The van der Waals surface area contributed by atoms with Gasteiger partial charge in [-0.1, -0.05) is 12.1 Å². The molecule has 0 aliphatic heterocycles. The van der Waals surface area contributed by atoms with Crippen molar-refractivity contribution in [1.29, 1.82) is 0 Å². The van der Waals surface area contributed by atoms with Crippen LogP contribution in [0.15, 0.2) is 52.8 Å². The summed E-state index contributed by atoms with van der Waals surface area (Å²) in [5.41, 5.74) is 0.779. The highest BCUT2D eigenvalue weighted by Crippen LogP contribution is 2.15. The number of halogens is 1. The van der Waals surface area contributed by atoms with E-state index in [1.165, 1.54) is 18.2 Å². The molecule has 0 bridgehead atoms. The van der Waals surface area contributed by atoms with Crippen molar-refractivity contribution in [2.75, 3.05) is 0 Å². The molecule has 0 amide bonds. The first kappa shape index (κ1) is 14.5. The Morgan fingerprint density at radius 2 is 2.00 bits per heavy atom. The van der Waals surface area contributed by atoms with Crippen molar-refractivity contribution >= 4 is 11.8 Å². The molecule has 5 nitrogen and oxygen atoms in total. The summed E-state index contributed by atoms with van der Waals surface area (Å²) in [7, 11) is 0. The van der Waals surface area contributed by atoms with Crippen molar-refractivity contribution in [2.45, 2.75) is 6.42 Å². The predicted octanol–water partition coefficient (Wildman–Crippen LogP) is 2.72. The number of aliphatic carboxylic acids is 1. The number of allylic oxidation sites excluding steroid dienone is 1. The molecule has 0 radical (unpaired) electrons. The van der Waals surface area contributed by atoms with Gasteiger partial charge in [0.15, 0.2) is 5.78 Å². The van der Waals surface area contributed by atoms with Crippen LogP contribution in [0.1, 0.15) is 21.7 Å². The van der Waals surface area contributed by atoms with Gasteiger partial charge in [-0.2, -0.15) is 0 Å². The van der Waals surface area contributed by atoms with E-state index in [-0.39, 0.29) is 11.4 Å². The van der Waals surface area contributed by atoms with Crippen molar-refractivity contribution in [3.8, 4) is 0 Å². The van der Waals surface area contributed by atoms with Crippen LogP contribution in [-0.2, 0) is 11.2 Å². The predicted molar refractivity (Wildman–Crippen MR) is 70.6 cm³/mol. The van der Waals surface area contributed by atoms with E-state index >= 15 is 0 Å². The van der Waals surface area contributed by atoms with Gasteiger partial charge < -0.3 is 14.6 Å². The van der Waals surface area contributed by atoms with E-state index in [0.29, 0.717) is 23.8 Å². The van der Waals surface area contributed by atoms with Gasteiger partial charge in [0.2, 0.25) is 5.76 Å². The lowest BCUT2D eigenvalue weighted by atomic mass is 10.1. The van der Waals surface area contributed by atoms with Gasteiger partial charge in [0, 0.05) is 12.5 Å². The fraction of sp³-hybridized carbons (Fsp3) is 0.0667. The number of hydrogen-bond donors (Lipinski definition) is 2. The fourth-order valence-electron chi connectivity index (χ4n) is 1.72. The van der Waals surface area contributed by atoms with Gasteiger partial charge in [0.05, 0.1) is 5.56 Å². The van der Waals surface area contributed by atoms with Crippen LogP contribution in [-0.4, -0.2) is 22.0 Å². The van der Waals surface area contributed by atoms with Crippen molar-refractivity contribution in [1.82, 2.24) is 0 Å². The van der Waals surface area contributed by atoms with Crippen LogP contribution in [0.2, 0.25) is 0 Å². The number of benzene rings is 1. The minimum Gasteiger partial charge on any atom is -0.502 e. The van der Waals surface area contributed by atoms with Gasteiger partial charge in [-0.15, -0.1) is 0 Å². The molecule has 0 spiro atoms. The van der Waals surface area contributed by atoms with Gasteiger partial charge in [0.25, 0.3) is 0 Å². The van der Waals surface area contributed by atoms with Crippen molar-refractivity contribution in [3.63, 3.8) is 0 Å². The Balaban J connectivity index is 2.13. The van der Waals surface area contributed by atoms with Crippen molar-refractivity contribution in [2.24, 2.45) is 0 Å².